The SMILES string of the molecule is CCn1c2ccccc2c2cc(NC(=O)CCCC3=NS(=O)(=O)c4ccccc4N3)ccc21. The second-order valence-corrected chi connectivity index (χ2v) is 9.60. The lowest BCUT2D eigenvalue weighted by Gasteiger charge is -2.17. The van der Waals surface area contributed by atoms with E-state index in [1.165, 1.54) is 11.6 Å². The highest BCUT2D eigenvalue weighted by molar-refractivity contribution is 7.90. The molecule has 0 spiro atoms. The Balaban J connectivity index is 1.26. The first-order valence-electron chi connectivity index (χ1n) is 11.0. The van der Waals surface area contributed by atoms with Gasteiger partial charge in [0.1, 0.15) is 10.7 Å². The number of hydrogen-bond acceptors (Lipinski definition) is 4. The molecule has 1 amide bonds. The second-order valence-electron chi connectivity index (χ2n) is 8.03. The van der Waals surface area contributed by atoms with Crippen LogP contribution in [0.1, 0.15) is 26.2 Å². The van der Waals surface area contributed by atoms with Crippen LogP contribution in [-0.4, -0.2) is 24.7 Å². The number of sulfonamides is 1. The topological polar surface area (TPSA) is 92.6 Å². The first kappa shape index (κ1) is 21.2. The lowest BCUT2D eigenvalue weighted by Crippen LogP contribution is -2.22. The van der Waals surface area contributed by atoms with Crippen molar-refractivity contribution in [1.82, 2.24) is 4.57 Å². The maximum Gasteiger partial charge on any atom is 0.286 e. The van der Waals surface area contributed by atoms with Crippen molar-refractivity contribution in [3.05, 3.63) is 66.7 Å². The molecule has 0 atom stereocenters. The molecule has 0 aliphatic carbocycles. The van der Waals surface area contributed by atoms with Gasteiger partial charge in [0.2, 0.25) is 5.91 Å². The summed E-state index contributed by atoms with van der Waals surface area (Å²) >= 11 is 0. The van der Waals surface area contributed by atoms with E-state index in [0.717, 1.165) is 28.5 Å². The monoisotopic (exact) mass is 460 g/mol. The molecule has 2 heterocycles. The summed E-state index contributed by atoms with van der Waals surface area (Å²) < 4.78 is 30.8. The highest BCUT2D eigenvalue weighted by atomic mass is 32.2. The molecule has 0 bridgehead atoms. The minimum atomic E-state index is -3.71. The van der Waals surface area contributed by atoms with Gasteiger partial charge in [-0.2, -0.15) is 8.42 Å². The molecule has 1 aromatic heterocycles. The minimum Gasteiger partial charge on any atom is -0.342 e. The third-order valence-corrected chi connectivity index (χ3v) is 7.24. The lowest BCUT2D eigenvalue weighted by atomic mass is 10.1. The molecular formula is C25H24N4O3S. The quantitative estimate of drug-likeness (QED) is 0.417. The number of para-hydroxylation sites is 2. The largest absolute Gasteiger partial charge is 0.342 e. The second kappa shape index (κ2) is 8.37. The van der Waals surface area contributed by atoms with Crippen LogP contribution in [0.25, 0.3) is 21.8 Å². The molecule has 2 N–H and O–H groups in total. The van der Waals surface area contributed by atoms with Crippen molar-refractivity contribution in [2.45, 2.75) is 37.6 Å². The molecule has 0 fully saturated rings. The number of nitrogens with zero attached hydrogens (tertiary/aromatic N) is 2. The van der Waals surface area contributed by atoms with Crippen LogP contribution in [0.5, 0.6) is 0 Å². The molecule has 33 heavy (non-hydrogen) atoms. The zero-order valence-corrected chi connectivity index (χ0v) is 19.0. The molecular weight excluding hydrogens is 436 g/mol. The first-order chi connectivity index (χ1) is 16.0. The van der Waals surface area contributed by atoms with E-state index in [1.54, 1.807) is 18.2 Å². The van der Waals surface area contributed by atoms with Gasteiger partial charge in [-0.25, -0.2) is 0 Å². The highest BCUT2D eigenvalue weighted by Gasteiger charge is 2.24. The number of anilines is 2. The number of benzene rings is 3. The summed E-state index contributed by atoms with van der Waals surface area (Å²) in [5.74, 6) is 0.239. The first-order valence-corrected chi connectivity index (χ1v) is 12.4. The van der Waals surface area contributed by atoms with Crippen LogP contribution in [0.2, 0.25) is 0 Å². The fourth-order valence-corrected chi connectivity index (χ4v) is 5.56. The van der Waals surface area contributed by atoms with Crippen LogP contribution in [0.15, 0.2) is 76.0 Å². The fourth-order valence-electron chi connectivity index (χ4n) is 4.39. The summed E-state index contributed by atoms with van der Waals surface area (Å²) in [5, 5.41) is 8.29. The van der Waals surface area contributed by atoms with Crippen LogP contribution in [-0.2, 0) is 21.4 Å². The molecule has 0 unspecified atom stereocenters. The number of aromatic nitrogens is 1. The average Bonchev–Trinajstić information content (AvgIpc) is 3.12. The van der Waals surface area contributed by atoms with Crippen LogP contribution in [0.3, 0.4) is 0 Å². The fraction of sp³-hybridized carbons (Fsp3) is 0.200. The molecule has 1 aliphatic rings. The van der Waals surface area contributed by atoms with Crippen LogP contribution in [0.4, 0.5) is 11.4 Å². The van der Waals surface area contributed by atoms with Gasteiger partial charge in [0.25, 0.3) is 10.0 Å². The number of hydrogen-bond donors (Lipinski definition) is 2. The van der Waals surface area contributed by atoms with E-state index in [4.69, 9.17) is 0 Å². The third-order valence-electron chi connectivity index (χ3n) is 5.86. The van der Waals surface area contributed by atoms with Crippen LogP contribution in [0, 0.1) is 0 Å². The van der Waals surface area contributed by atoms with Gasteiger partial charge in [-0.1, -0.05) is 30.3 Å². The van der Waals surface area contributed by atoms with E-state index in [2.05, 4.69) is 38.7 Å². The summed E-state index contributed by atoms with van der Waals surface area (Å²) in [4.78, 5) is 12.7. The van der Waals surface area contributed by atoms with Crippen LogP contribution < -0.4 is 10.6 Å². The molecule has 4 aromatic rings. The van der Waals surface area contributed by atoms with E-state index < -0.39 is 10.0 Å². The van der Waals surface area contributed by atoms with Crippen molar-refractivity contribution in [2.24, 2.45) is 4.40 Å². The van der Waals surface area contributed by atoms with Gasteiger partial charge in [-0.15, -0.1) is 4.40 Å². The van der Waals surface area contributed by atoms with Gasteiger partial charge in [0, 0.05) is 46.9 Å². The highest BCUT2D eigenvalue weighted by Crippen LogP contribution is 2.31. The third kappa shape index (κ3) is 3.98. The predicted molar refractivity (Wildman–Crippen MR) is 132 cm³/mol. The Kier molecular flexibility index (Phi) is 5.38. The van der Waals surface area contributed by atoms with E-state index >= 15 is 0 Å². The van der Waals surface area contributed by atoms with Crippen molar-refractivity contribution in [1.29, 1.82) is 0 Å². The van der Waals surface area contributed by atoms with E-state index in [9.17, 15) is 13.2 Å². The van der Waals surface area contributed by atoms with Crippen molar-refractivity contribution in [3.63, 3.8) is 0 Å². The molecule has 0 saturated carbocycles. The molecule has 3 aromatic carbocycles. The van der Waals surface area contributed by atoms with E-state index in [0.29, 0.717) is 24.4 Å². The Morgan fingerprint density at radius 3 is 2.61 bits per heavy atom. The number of carbonyl (C=O) groups is 1. The normalized spacial score (nSPS) is 14.5. The van der Waals surface area contributed by atoms with Crippen LogP contribution >= 0.6 is 0 Å². The van der Waals surface area contributed by atoms with Crippen molar-refractivity contribution in [2.75, 3.05) is 10.6 Å². The van der Waals surface area contributed by atoms with Gasteiger partial charge < -0.3 is 15.2 Å². The summed E-state index contributed by atoms with van der Waals surface area (Å²) in [6.45, 7) is 2.99. The maximum atomic E-state index is 12.5. The molecule has 168 valence electrons. The zero-order valence-electron chi connectivity index (χ0n) is 18.2. The maximum absolute atomic E-state index is 12.5. The summed E-state index contributed by atoms with van der Waals surface area (Å²) in [7, 11) is -3.71. The van der Waals surface area contributed by atoms with Gasteiger partial charge in [0.05, 0.1) is 5.69 Å². The lowest BCUT2D eigenvalue weighted by molar-refractivity contribution is -0.116. The Hall–Kier alpha value is -3.65. The summed E-state index contributed by atoms with van der Waals surface area (Å²) in [5.41, 5.74) is 3.58. The van der Waals surface area contributed by atoms with Crippen molar-refractivity contribution < 1.29 is 13.2 Å². The number of fused-ring (bicyclic) bond motifs is 4. The molecule has 0 saturated heterocycles. The number of carbonyl (C=O) groups excluding carboxylic acids is 1. The Labute approximate surface area is 192 Å². The molecule has 0 radical (unpaired) electrons. The van der Waals surface area contributed by atoms with Gasteiger partial charge in [-0.3, -0.25) is 4.79 Å². The smallest absolute Gasteiger partial charge is 0.286 e. The number of amidine groups is 1. The number of rotatable bonds is 6. The number of amides is 1. The average molecular weight is 461 g/mol. The van der Waals surface area contributed by atoms with E-state index in [1.807, 2.05) is 30.3 Å². The van der Waals surface area contributed by atoms with Gasteiger partial charge in [-0.05, 0) is 49.7 Å². The molecule has 5 rings (SSSR count). The van der Waals surface area contributed by atoms with E-state index in [-0.39, 0.29) is 17.2 Å². The summed E-state index contributed by atoms with van der Waals surface area (Å²) in [6.07, 6.45) is 1.11. The minimum absolute atomic E-state index is 0.117. The molecule has 7 nitrogen and oxygen atoms in total. The molecule has 1 aliphatic heterocycles. The zero-order chi connectivity index (χ0) is 23.0. The standard InChI is InChI=1S/C25H24N4O3S/c1-2-29-21-10-5-3-8-18(21)19-16-17(14-15-22(19)29)26-25(30)13-7-12-24-27-20-9-4-6-11-23(20)33(31,32)28-24/h3-6,8-11,14-16H,2,7,12-13H2,1H3,(H,26,30)(H,27,28). The Morgan fingerprint density at radius 2 is 1.76 bits per heavy atom. The number of nitrogens with one attached hydrogen (secondary N) is 2. The van der Waals surface area contributed by atoms with Gasteiger partial charge >= 0.3 is 0 Å². The summed E-state index contributed by atoms with van der Waals surface area (Å²) in [6, 6.07) is 20.9. The Morgan fingerprint density at radius 1 is 1.00 bits per heavy atom. The van der Waals surface area contributed by atoms with Crippen molar-refractivity contribution in [3.8, 4) is 0 Å². The Bertz CT molecular complexity index is 1520. The van der Waals surface area contributed by atoms with Crippen molar-refractivity contribution >= 4 is 54.9 Å². The van der Waals surface area contributed by atoms with Gasteiger partial charge in [0.15, 0.2) is 0 Å². The predicted octanol–water partition coefficient (Wildman–Crippen LogP) is 5.14. The molecule has 8 heteroatoms. The number of aryl methyl sites for hydroxylation is 1.